The maximum Gasteiger partial charge on any atom is 0.321 e. The van der Waals surface area contributed by atoms with Gasteiger partial charge in [-0.25, -0.2) is 0 Å². The molecular weight excluding hydrogens is 622 g/mol. The lowest BCUT2D eigenvalue weighted by atomic mass is 9.96. The van der Waals surface area contributed by atoms with Gasteiger partial charge in [0.05, 0.1) is 16.7 Å². The van der Waals surface area contributed by atoms with Crippen molar-refractivity contribution in [2.24, 2.45) is 5.92 Å². The Kier molecular flexibility index (Phi) is 9.50. The normalized spacial score (nSPS) is 18.8. The average Bonchev–Trinajstić information content (AvgIpc) is 3.36. The minimum absolute atomic E-state index is 0.106. The fourth-order valence-electron chi connectivity index (χ4n) is 6.08. The van der Waals surface area contributed by atoms with Crippen molar-refractivity contribution in [1.82, 2.24) is 9.88 Å². The van der Waals surface area contributed by atoms with Crippen LogP contribution in [0.5, 0.6) is 23.0 Å². The van der Waals surface area contributed by atoms with Crippen molar-refractivity contribution in [3.8, 4) is 40.2 Å². The average molecular weight is 656 g/mol. The zero-order valence-corrected chi connectivity index (χ0v) is 26.7. The van der Waals surface area contributed by atoms with E-state index in [9.17, 15) is 20.3 Å². The van der Waals surface area contributed by atoms with E-state index in [2.05, 4.69) is 17.1 Å². The van der Waals surface area contributed by atoms with Crippen molar-refractivity contribution in [3.63, 3.8) is 0 Å². The van der Waals surface area contributed by atoms with Crippen molar-refractivity contribution >= 4 is 17.6 Å². The molecule has 2 unspecified atom stereocenters. The van der Waals surface area contributed by atoms with Gasteiger partial charge in [0.2, 0.25) is 0 Å². The highest BCUT2D eigenvalue weighted by atomic mass is 35.5. The summed E-state index contributed by atoms with van der Waals surface area (Å²) in [5.74, 6) is 0.828. The summed E-state index contributed by atoms with van der Waals surface area (Å²) < 4.78 is 24.0. The lowest BCUT2D eigenvalue weighted by molar-refractivity contribution is -0.143. The van der Waals surface area contributed by atoms with Gasteiger partial charge in [0.15, 0.2) is 11.5 Å². The van der Waals surface area contributed by atoms with Gasteiger partial charge in [-0.3, -0.25) is 14.7 Å². The minimum Gasteiger partial charge on any atom is -0.488 e. The molecule has 47 heavy (non-hydrogen) atoms. The highest BCUT2D eigenvalue weighted by Crippen LogP contribution is 2.38. The molecule has 10 nitrogen and oxygen atoms in total. The molecule has 0 radical (unpaired) electrons. The van der Waals surface area contributed by atoms with E-state index in [-0.39, 0.29) is 26.3 Å². The number of aliphatic carboxylic acids is 1. The first-order chi connectivity index (χ1) is 22.7. The second-order valence-electron chi connectivity index (χ2n) is 11.7. The summed E-state index contributed by atoms with van der Waals surface area (Å²) in [7, 11) is 0. The molecule has 0 saturated carbocycles. The highest BCUT2D eigenvalue weighted by molar-refractivity contribution is 6.32. The number of likely N-dealkylation sites (tertiary alicyclic amines) is 1. The summed E-state index contributed by atoms with van der Waals surface area (Å²) in [5.41, 5.74) is 5.77. The zero-order valence-electron chi connectivity index (χ0n) is 26.0. The first-order valence-corrected chi connectivity index (χ1v) is 15.6. The maximum absolute atomic E-state index is 12.1. The van der Waals surface area contributed by atoms with Crippen LogP contribution in [-0.2, 0) is 24.6 Å². The van der Waals surface area contributed by atoms with Gasteiger partial charge < -0.3 is 29.2 Å². The zero-order chi connectivity index (χ0) is 33.1. The van der Waals surface area contributed by atoms with Crippen molar-refractivity contribution in [3.05, 3.63) is 99.8 Å². The lowest BCUT2D eigenvalue weighted by Gasteiger charge is -2.24. The Morgan fingerprint density at radius 2 is 1.83 bits per heavy atom. The molecule has 6 rings (SSSR count). The number of ether oxygens (including phenoxy) is 4. The van der Waals surface area contributed by atoms with E-state index in [1.54, 1.807) is 36.2 Å². The number of aromatic nitrogens is 1. The molecule has 3 atom stereocenters. The van der Waals surface area contributed by atoms with Crippen molar-refractivity contribution in [1.29, 1.82) is 5.26 Å². The van der Waals surface area contributed by atoms with Crippen LogP contribution < -0.4 is 18.9 Å². The molecule has 1 saturated heterocycles. The number of aliphatic hydroxyl groups is 1. The first-order valence-electron chi connectivity index (χ1n) is 15.3. The number of nitriles is 1. The second kappa shape index (κ2) is 13.9. The Morgan fingerprint density at radius 1 is 1.04 bits per heavy atom. The number of β-amino-alcohol motifs (C(OH)–C–C–N with tert-alkyl or cyclic N) is 1. The van der Waals surface area contributed by atoms with Gasteiger partial charge in [0.1, 0.15) is 50.0 Å². The number of pyridine rings is 1. The number of benzene rings is 3. The Morgan fingerprint density at radius 3 is 2.62 bits per heavy atom. The molecule has 2 aliphatic rings. The van der Waals surface area contributed by atoms with Gasteiger partial charge in [-0.1, -0.05) is 42.8 Å². The van der Waals surface area contributed by atoms with Gasteiger partial charge in [0.25, 0.3) is 0 Å². The summed E-state index contributed by atoms with van der Waals surface area (Å²) in [6.07, 6.45) is 2.31. The first kappa shape index (κ1) is 32.1. The SMILES string of the molecule is Cc1c(COc2cc(OCc3cncc(C#N)c3)c(CN3CC(O)C(C)[C@H]3C(=O)O)cc2Cl)cccc1-c1ccc2c(c1)OCCO2. The fourth-order valence-corrected chi connectivity index (χ4v) is 6.32. The van der Waals surface area contributed by atoms with Crippen LogP contribution in [0.25, 0.3) is 11.1 Å². The molecule has 0 spiro atoms. The van der Waals surface area contributed by atoms with E-state index in [1.807, 2.05) is 37.3 Å². The van der Waals surface area contributed by atoms with Gasteiger partial charge in [0, 0.05) is 48.6 Å². The molecule has 0 aliphatic carbocycles. The number of hydrogen-bond acceptors (Lipinski definition) is 9. The number of fused-ring (bicyclic) bond motifs is 1. The summed E-state index contributed by atoms with van der Waals surface area (Å²) >= 11 is 6.76. The third kappa shape index (κ3) is 6.98. The second-order valence-corrected chi connectivity index (χ2v) is 12.2. The highest BCUT2D eigenvalue weighted by Gasteiger charge is 2.42. The third-order valence-corrected chi connectivity index (χ3v) is 8.96. The summed E-state index contributed by atoms with van der Waals surface area (Å²) in [4.78, 5) is 17.9. The van der Waals surface area contributed by atoms with Crippen molar-refractivity contribution < 1.29 is 34.0 Å². The summed E-state index contributed by atoms with van der Waals surface area (Å²) in [5, 5.41) is 30.0. The monoisotopic (exact) mass is 655 g/mol. The number of hydrogen-bond donors (Lipinski definition) is 2. The van der Waals surface area contributed by atoms with Crippen LogP contribution in [0.3, 0.4) is 0 Å². The number of carboxylic acids is 1. The standard InChI is InChI=1S/C36H34ClN3O7/c1-21-26(4-3-5-28(21)25-6-7-31-34(12-25)45-9-8-44-31)20-47-33-13-32(46-19-24-10-23(14-38)15-39-16-24)27(11-29(33)37)17-40-18-30(41)22(2)35(40)36(42)43/h3-7,10-13,15-16,22,30,35,41H,8-9,17-20H2,1-2H3,(H,42,43)/t22?,30?,35-/m0/s1. The van der Waals surface area contributed by atoms with Crippen LogP contribution in [0.4, 0.5) is 0 Å². The van der Waals surface area contributed by atoms with Crippen LogP contribution in [-0.4, -0.2) is 58.0 Å². The molecule has 0 amide bonds. The van der Waals surface area contributed by atoms with Gasteiger partial charge in [-0.15, -0.1) is 0 Å². The summed E-state index contributed by atoms with van der Waals surface area (Å²) in [6.45, 7) is 5.52. The fraction of sp³-hybridized carbons (Fsp3) is 0.306. The number of aliphatic hydroxyl groups excluding tert-OH is 1. The predicted octanol–water partition coefficient (Wildman–Crippen LogP) is 5.78. The minimum atomic E-state index is -1.00. The predicted molar refractivity (Wildman–Crippen MR) is 174 cm³/mol. The molecule has 3 aromatic carbocycles. The number of rotatable bonds is 10. The van der Waals surface area contributed by atoms with E-state index in [0.717, 1.165) is 33.8 Å². The van der Waals surface area contributed by atoms with E-state index in [0.29, 0.717) is 46.4 Å². The third-order valence-electron chi connectivity index (χ3n) is 8.66. The van der Waals surface area contributed by atoms with Crippen LogP contribution in [0.1, 0.15) is 34.7 Å². The Hall–Kier alpha value is -4.82. The molecular formula is C36H34ClN3O7. The quantitative estimate of drug-likeness (QED) is 0.217. The number of nitrogens with zero attached hydrogens (tertiary/aromatic N) is 3. The van der Waals surface area contributed by atoms with Gasteiger partial charge in [-0.2, -0.15) is 5.26 Å². The molecule has 11 heteroatoms. The number of carbonyl (C=O) groups is 1. The Labute approximate surface area is 277 Å². The van der Waals surface area contributed by atoms with Gasteiger partial charge in [-0.05, 0) is 53.4 Å². The van der Waals surface area contributed by atoms with Crippen LogP contribution in [0.15, 0.2) is 67.0 Å². The van der Waals surface area contributed by atoms with Crippen LogP contribution in [0.2, 0.25) is 5.02 Å². The Bertz CT molecular complexity index is 1840. The molecule has 2 N–H and O–H groups in total. The molecule has 1 fully saturated rings. The molecule has 2 aliphatic heterocycles. The molecule has 3 heterocycles. The molecule has 242 valence electrons. The molecule has 1 aromatic heterocycles. The lowest BCUT2D eigenvalue weighted by Crippen LogP contribution is -2.38. The van der Waals surface area contributed by atoms with E-state index >= 15 is 0 Å². The van der Waals surface area contributed by atoms with E-state index in [1.165, 1.54) is 6.20 Å². The van der Waals surface area contributed by atoms with E-state index in [4.69, 9.17) is 30.5 Å². The van der Waals surface area contributed by atoms with Gasteiger partial charge >= 0.3 is 5.97 Å². The number of carboxylic acid groups (broad SMARTS) is 1. The van der Waals surface area contributed by atoms with E-state index < -0.39 is 24.0 Å². The smallest absolute Gasteiger partial charge is 0.321 e. The summed E-state index contributed by atoms with van der Waals surface area (Å²) in [6, 6.07) is 18.3. The van der Waals surface area contributed by atoms with Crippen molar-refractivity contribution in [2.45, 2.75) is 45.8 Å². The maximum atomic E-state index is 12.1. The molecule has 4 aromatic rings. The van der Waals surface area contributed by atoms with Crippen molar-refractivity contribution in [2.75, 3.05) is 19.8 Å². The largest absolute Gasteiger partial charge is 0.488 e. The van der Waals surface area contributed by atoms with Crippen LogP contribution >= 0.6 is 11.6 Å². The Balaban J connectivity index is 1.26. The number of halogens is 1. The molecule has 0 bridgehead atoms. The topological polar surface area (TPSA) is 134 Å². The van der Waals surface area contributed by atoms with Crippen LogP contribution in [0, 0.1) is 24.2 Å².